The van der Waals surface area contributed by atoms with Crippen LogP contribution in [0.4, 0.5) is 17.1 Å². The molecule has 2 aromatic heterocycles. The number of rotatable bonds is 6. The Morgan fingerprint density at radius 1 is 0.554 bits per heavy atom. The molecule has 83 heavy (non-hydrogen) atoms. The van der Waals surface area contributed by atoms with Crippen molar-refractivity contribution in [2.75, 3.05) is 9.80 Å². The SMILES string of the molecule is [2H]C([2H])([2H])c1cc(-n2c3[c-]c(Oc4[c-]c(N5[CH-]N(C67c8ccccc8C(c8ccccc86)C6(C(C)(C)C)c8ccccc8C7(C(C)(C)C)c7ccccc76)c6ccccc65)ccc4)ccc3c3ccccc32)ncc1-c1ccc(C(C)(C)C)cc1.[Pt]. The maximum atomic E-state index is 8.78. The Balaban J connectivity index is 0.00000653. The quantitative estimate of drug-likeness (QED) is 0.155. The van der Waals surface area contributed by atoms with Gasteiger partial charge in [-0.3, -0.25) is 0 Å². The first-order valence-electron chi connectivity index (χ1n) is 30.4. The molecule has 18 rings (SSSR count). The third-order valence-corrected chi connectivity index (χ3v) is 19.1. The van der Waals surface area contributed by atoms with E-state index < -0.39 is 28.6 Å². The summed E-state index contributed by atoms with van der Waals surface area (Å²) in [6, 6.07) is 82.2. The van der Waals surface area contributed by atoms with Crippen LogP contribution in [-0.2, 0) is 42.8 Å². The van der Waals surface area contributed by atoms with Crippen LogP contribution in [0.2, 0.25) is 0 Å². The second-order valence-corrected chi connectivity index (χ2v) is 26.2. The van der Waals surface area contributed by atoms with E-state index in [0.717, 1.165) is 38.9 Å². The summed E-state index contributed by atoms with van der Waals surface area (Å²) in [4.78, 5) is 9.96. The van der Waals surface area contributed by atoms with E-state index in [-0.39, 0.29) is 43.4 Å². The zero-order chi connectivity index (χ0) is 58.8. The summed E-state index contributed by atoms with van der Waals surface area (Å²) >= 11 is 0. The summed E-state index contributed by atoms with van der Waals surface area (Å²) in [6.45, 7) is 21.3. The predicted molar refractivity (Wildman–Crippen MR) is 336 cm³/mol. The van der Waals surface area contributed by atoms with Crippen molar-refractivity contribution in [3.05, 3.63) is 287 Å². The molecule has 0 spiro atoms. The van der Waals surface area contributed by atoms with Crippen molar-refractivity contribution in [3.8, 4) is 28.4 Å². The van der Waals surface area contributed by atoms with Crippen molar-refractivity contribution < 1.29 is 29.9 Å². The molecule has 6 aliphatic carbocycles. The number of hydrogen-bond acceptors (Lipinski definition) is 4. The van der Waals surface area contributed by atoms with Gasteiger partial charge in [-0.05, 0) is 114 Å². The van der Waals surface area contributed by atoms with Crippen molar-refractivity contribution in [3.63, 3.8) is 0 Å². The standard InChI is InChI=1S/C77H67N4O.Pt/c1-49-44-70(78-47-59(49)50-38-40-51(41-39-50)72(2,3)4)81-66-35-20-13-26-55(66)56-43-42-54(46-69(56)81)82-53-25-23-24-52(45-53)79-48-80(68-37-22-21-36-67(68)79)77-60-29-14-11-27-57(60)71(58-28-12-15-30-61(58)77)75(73(5,6)7)62-31-16-18-33-64(62)76(77,74(8,9)10)65-34-19-17-32-63(65)75;/h11-44,47-48,71H,1-10H3;/q-3;/i1D3;. The van der Waals surface area contributed by atoms with Gasteiger partial charge in [-0.1, -0.05) is 219 Å². The van der Waals surface area contributed by atoms with Gasteiger partial charge in [0.25, 0.3) is 0 Å². The molecule has 6 heteroatoms. The van der Waals surface area contributed by atoms with Gasteiger partial charge in [0.2, 0.25) is 0 Å². The number of pyridine rings is 1. The number of nitrogens with zero attached hydrogens (tertiary/aromatic N) is 4. The second kappa shape index (κ2) is 18.5. The molecule has 0 unspecified atom stereocenters. The molecule has 11 aromatic rings. The van der Waals surface area contributed by atoms with Gasteiger partial charge in [0.15, 0.2) is 0 Å². The minimum absolute atomic E-state index is 0. The predicted octanol–water partition coefficient (Wildman–Crippen LogP) is 19.0. The molecule has 4 bridgehead atoms. The molecular weight excluding hydrogens is 1190 g/mol. The molecule has 0 radical (unpaired) electrons. The monoisotopic (exact) mass is 1260 g/mol. The van der Waals surface area contributed by atoms with E-state index in [1.807, 2.05) is 53.1 Å². The van der Waals surface area contributed by atoms with E-state index in [2.05, 4.69) is 243 Å². The molecule has 414 valence electrons. The van der Waals surface area contributed by atoms with Crippen LogP contribution >= 0.6 is 0 Å². The molecule has 0 N–H and O–H groups in total. The van der Waals surface area contributed by atoms with Gasteiger partial charge in [-0.15, -0.1) is 41.4 Å². The number of fused-ring (bicyclic) bond motifs is 4. The molecule has 0 fully saturated rings. The van der Waals surface area contributed by atoms with Gasteiger partial charge >= 0.3 is 0 Å². The minimum Gasteiger partial charge on any atom is -0.509 e. The molecule has 0 saturated heterocycles. The van der Waals surface area contributed by atoms with Crippen LogP contribution in [0.1, 0.15) is 128 Å². The Labute approximate surface area is 508 Å². The molecule has 0 atom stereocenters. The van der Waals surface area contributed by atoms with Crippen LogP contribution in [-0.4, -0.2) is 9.55 Å². The molecule has 0 amide bonds. The Bertz CT molecular complexity index is 4440. The van der Waals surface area contributed by atoms with E-state index in [1.165, 1.54) is 50.1 Å². The largest absolute Gasteiger partial charge is 0.509 e. The number of anilines is 3. The fourth-order valence-electron chi connectivity index (χ4n) is 16.1. The Morgan fingerprint density at radius 2 is 1.13 bits per heavy atom. The minimum atomic E-state index is -2.42. The van der Waals surface area contributed by atoms with Crippen molar-refractivity contribution in [1.29, 1.82) is 0 Å². The summed E-state index contributed by atoms with van der Waals surface area (Å²) in [6.07, 6.45) is 1.70. The number of hydrogen-bond donors (Lipinski definition) is 0. The first kappa shape index (κ1) is 49.6. The zero-order valence-corrected chi connectivity index (χ0v) is 50.6. The third-order valence-electron chi connectivity index (χ3n) is 19.1. The summed E-state index contributed by atoms with van der Waals surface area (Å²) < 4.78 is 35.2. The average Bonchev–Trinajstić information content (AvgIpc) is 0.717. The van der Waals surface area contributed by atoms with Crippen LogP contribution < -0.4 is 14.5 Å². The van der Waals surface area contributed by atoms with E-state index in [1.54, 1.807) is 12.3 Å². The van der Waals surface area contributed by atoms with Gasteiger partial charge < -0.3 is 19.1 Å². The van der Waals surface area contributed by atoms with E-state index in [0.29, 0.717) is 28.4 Å². The Hall–Kier alpha value is -7.98. The molecule has 9 aromatic carbocycles. The first-order chi connectivity index (χ1) is 40.7. The van der Waals surface area contributed by atoms with Gasteiger partial charge in [0.05, 0.1) is 11.0 Å². The van der Waals surface area contributed by atoms with Gasteiger partial charge in [-0.25, -0.2) is 4.98 Å². The van der Waals surface area contributed by atoms with E-state index >= 15 is 0 Å². The summed E-state index contributed by atoms with van der Waals surface area (Å²) in [5, 5.41) is 1.93. The molecule has 7 aliphatic rings. The molecule has 0 saturated carbocycles. The molecule has 5 nitrogen and oxygen atoms in total. The fraction of sp³-hybridized carbons (Fsp3) is 0.221. The summed E-state index contributed by atoms with van der Waals surface area (Å²) in [5.74, 6) is 1.47. The van der Waals surface area contributed by atoms with Crippen LogP contribution in [0, 0.1) is 36.5 Å². The topological polar surface area (TPSA) is 33.5 Å². The van der Waals surface area contributed by atoms with Crippen molar-refractivity contribution in [2.45, 2.75) is 96.9 Å². The number of aryl methyl sites for hydroxylation is 1. The van der Waals surface area contributed by atoms with E-state index in [4.69, 9.17) is 13.8 Å². The molecule has 3 heterocycles. The number of aromatic nitrogens is 2. The molecular formula is C77H67N4OPt-3. The molecule has 1 aliphatic heterocycles. The van der Waals surface area contributed by atoms with Gasteiger partial charge in [0, 0.05) is 76.7 Å². The normalized spacial score (nSPS) is 20.9. The smallest absolute Gasteiger partial charge is 0.135 e. The third kappa shape index (κ3) is 7.07. The Morgan fingerprint density at radius 3 is 1.76 bits per heavy atom. The second-order valence-electron chi connectivity index (χ2n) is 26.2. The van der Waals surface area contributed by atoms with Crippen LogP contribution in [0.5, 0.6) is 11.5 Å². The summed E-state index contributed by atoms with van der Waals surface area (Å²) in [7, 11) is 0. The number of ether oxygens (including phenoxy) is 1. The van der Waals surface area contributed by atoms with Crippen LogP contribution in [0.3, 0.4) is 0 Å². The van der Waals surface area contributed by atoms with Gasteiger partial charge in [0.1, 0.15) is 5.82 Å². The number of para-hydroxylation sites is 3. The zero-order valence-electron chi connectivity index (χ0n) is 51.4. The van der Waals surface area contributed by atoms with Crippen molar-refractivity contribution in [1.82, 2.24) is 9.55 Å². The van der Waals surface area contributed by atoms with Crippen LogP contribution in [0.15, 0.2) is 212 Å². The van der Waals surface area contributed by atoms with E-state index in [9.17, 15) is 0 Å². The maximum Gasteiger partial charge on any atom is 0.135 e. The first-order valence-corrected chi connectivity index (χ1v) is 28.9. The van der Waals surface area contributed by atoms with Gasteiger partial charge in [-0.2, -0.15) is 18.8 Å². The Kier molecular flexibility index (Phi) is 11.1. The summed E-state index contributed by atoms with van der Waals surface area (Å²) in [5.41, 5.74) is 15.5. The maximum absolute atomic E-state index is 8.78. The average molecular weight is 1260 g/mol. The fourth-order valence-corrected chi connectivity index (χ4v) is 16.1. The van der Waals surface area contributed by atoms with Crippen molar-refractivity contribution in [2.24, 2.45) is 10.8 Å². The van der Waals surface area contributed by atoms with Crippen LogP contribution in [0.25, 0.3) is 38.8 Å². The van der Waals surface area contributed by atoms with Crippen molar-refractivity contribution >= 4 is 38.9 Å². The number of benzene rings is 9.